The monoisotopic (exact) mass is 253 g/mol. The number of hydrogen-bond donors (Lipinski definition) is 1. The maximum atomic E-state index is 3.52. The van der Waals surface area contributed by atoms with Gasteiger partial charge < -0.3 is 5.32 Å². The molecule has 1 spiro atoms. The van der Waals surface area contributed by atoms with Gasteiger partial charge in [-0.3, -0.25) is 0 Å². The van der Waals surface area contributed by atoms with Gasteiger partial charge >= 0.3 is 0 Å². The largest absolute Gasteiger partial charge is 0.317 e. The smallest absolute Gasteiger partial charge is 0.00436 e. The van der Waals surface area contributed by atoms with Gasteiger partial charge in [-0.05, 0) is 68.4 Å². The number of hydrogen-bond acceptors (Lipinski definition) is 1. The van der Waals surface area contributed by atoms with Crippen LogP contribution in [0.15, 0.2) is 0 Å². The van der Waals surface area contributed by atoms with Gasteiger partial charge in [0.25, 0.3) is 0 Å². The van der Waals surface area contributed by atoms with Crippen LogP contribution >= 0.6 is 0 Å². The molecule has 0 aromatic heterocycles. The van der Waals surface area contributed by atoms with Crippen LogP contribution in [0, 0.1) is 16.7 Å². The fourth-order valence-corrected chi connectivity index (χ4v) is 3.70. The molecule has 2 aliphatic rings. The molecule has 1 atom stereocenters. The Kier molecular flexibility index (Phi) is 6.17. The highest BCUT2D eigenvalue weighted by Crippen LogP contribution is 2.49. The summed E-state index contributed by atoms with van der Waals surface area (Å²) < 4.78 is 0. The summed E-state index contributed by atoms with van der Waals surface area (Å²) in [5, 5.41) is 3.52. The maximum Gasteiger partial charge on any atom is -0.00436 e. The lowest BCUT2D eigenvalue weighted by Gasteiger charge is -2.38. The predicted molar refractivity (Wildman–Crippen MR) is 81.9 cm³/mol. The Bertz CT molecular complexity index is 228. The molecular formula is C17H35N. The van der Waals surface area contributed by atoms with Gasteiger partial charge in [-0.1, -0.05) is 41.0 Å². The zero-order chi connectivity index (χ0) is 13.6. The van der Waals surface area contributed by atoms with Crippen molar-refractivity contribution in [3.05, 3.63) is 0 Å². The van der Waals surface area contributed by atoms with Gasteiger partial charge in [-0.25, -0.2) is 0 Å². The first-order chi connectivity index (χ1) is 8.56. The molecule has 1 unspecified atom stereocenters. The van der Waals surface area contributed by atoms with Gasteiger partial charge in [-0.2, -0.15) is 0 Å². The lowest BCUT2D eigenvalue weighted by molar-refractivity contribution is 0.144. The molecular weight excluding hydrogens is 218 g/mol. The van der Waals surface area contributed by atoms with Crippen molar-refractivity contribution in [2.45, 2.75) is 79.6 Å². The van der Waals surface area contributed by atoms with E-state index in [0.717, 1.165) is 11.3 Å². The molecule has 1 heteroatoms. The molecule has 18 heavy (non-hydrogen) atoms. The SMILES string of the molecule is CC.CC(C)C1(C)CCCC2(CCNCC2)CC1. The number of rotatable bonds is 1. The molecule has 108 valence electrons. The molecule has 2 fully saturated rings. The van der Waals surface area contributed by atoms with E-state index in [1.165, 1.54) is 58.0 Å². The van der Waals surface area contributed by atoms with Crippen LogP contribution in [0.25, 0.3) is 0 Å². The first kappa shape index (κ1) is 16.0. The molecule has 1 nitrogen and oxygen atoms in total. The molecule has 0 amide bonds. The van der Waals surface area contributed by atoms with Crippen molar-refractivity contribution in [2.24, 2.45) is 16.7 Å². The number of nitrogens with one attached hydrogen (secondary N) is 1. The fraction of sp³-hybridized carbons (Fsp3) is 1.00. The number of piperidine rings is 1. The Morgan fingerprint density at radius 2 is 1.44 bits per heavy atom. The van der Waals surface area contributed by atoms with Crippen LogP contribution in [0.4, 0.5) is 0 Å². The summed E-state index contributed by atoms with van der Waals surface area (Å²) in [4.78, 5) is 0. The molecule has 0 bridgehead atoms. The van der Waals surface area contributed by atoms with E-state index < -0.39 is 0 Å². The van der Waals surface area contributed by atoms with Gasteiger partial charge in [0.15, 0.2) is 0 Å². The Hall–Kier alpha value is -0.0400. The highest BCUT2D eigenvalue weighted by atomic mass is 14.9. The summed E-state index contributed by atoms with van der Waals surface area (Å²) in [6, 6.07) is 0. The Morgan fingerprint density at radius 1 is 0.833 bits per heavy atom. The normalized spacial score (nSPS) is 31.7. The minimum atomic E-state index is 0.619. The minimum Gasteiger partial charge on any atom is -0.317 e. The first-order valence-corrected chi connectivity index (χ1v) is 8.27. The second-order valence-electron chi connectivity index (χ2n) is 6.91. The standard InChI is InChI=1S/C15H29N.C2H6/c1-13(2)14(3)5-4-6-15(8-7-14)9-11-16-12-10-15;1-2/h13,16H,4-12H2,1-3H3;1-2H3. The second kappa shape index (κ2) is 6.93. The molecule has 0 aromatic rings. The molecule has 1 aliphatic heterocycles. The van der Waals surface area contributed by atoms with Crippen molar-refractivity contribution in [1.82, 2.24) is 5.32 Å². The topological polar surface area (TPSA) is 12.0 Å². The second-order valence-corrected chi connectivity index (χ2v) is 6.91. The van der Waals surface area contributed by atoms with Crippen molar-refractivity contribution in [3.63, 3.8) is 0 Å². The Balaban J connectivity index is 0.000000771. The highest BCUT2D eigenvalue weighted by Gasteiger charge is 2.39. The molecule has 1 N–H and O–H groups in total. The van der Waals surface area contributed by atoms with Crippen LogP contribution in [0.2, 0.25) is 0 Å². The fourth-order valence-electron chi connectivity index (χ4n) is 3.70. The van der Waals surface area contributed by atoms with Crippen LogP contribution in [-0.2, 0) is 0 Å². The van der Waals surface area contributed by atoms with E-state index in [2.05, 4.69) is 26.1 Å². The van der Waals surface area contributed by atoms with Gasteiger partial charge in [0.05, 0.1) is 0 Å². The summed E-state index contributed by atoms with van der Waals surface area (Å²) in [5.74, 6) is 0.851. The summed E-state index contributed by atoms with van der Waals surface area (Å²) in [7, 11) is 0. The third-order valence-electron chi connectivity index (χ3n) is 5.74. The average Bonchev–Trinajstić information content (AvgIpc) is 2.55. The van der Waals surface area contributed by atoms with Crippen LogP contribution in [0.5, 0.6) is 0 Å². The predicted octanol–water partition coefficient (Wildman–Crippen LogP) is 5.01. The third kappa shape index (κ3) is 3.73. The summed E-state index contributed by atoms with van der Waals surface area (Å²) in [6.07, 6.45) is 10.2. The molecule has 2 rings (SSSR count). The maximum absolute atomic E-state index is 3.52. The van der Waals surface area contributed by atoms with E-state index in [9.17, 15) is 0 Å². The van der Waals surface area contributed by atoms with E-state index in [0.29, 0.717) is 5.41 Å². The Morgan fingerprint density at radius 3 is 2.00 bits per heavy atom. The van der Waals surface area contributed by atoms with E-state index in [-0.39, 0.29) is 0 Å². The van der Waals surface area contributed by atoms with Crippen LogP contribution < -0.4 is 5.32 Å². The lowest BCUT2D eigenvalue weighted by Crippen LogP contribution is -2.36. The summed E-state index contributed by atoms with van der Waals surface area (Å²) in [6.45, 7) is 13.9. The van der Waals surface area contributed by atoms with Crippen LogP contribution in [-0.4, -0.2) is 13.1 Å². The molecule has 1 aliphatic carbocycles. The first-order valence-electron chi connectivity index (χ1n) is 8.27. The molecule has 1 saturated carbocycles. The van der Waals surface area contributed by atoms with E-state index in [4.69, 9.17) is 0 Å². The zero-order valence-electron chi connectivity index (χ0n) is 13.4. The van der Waals surface area contributed by atoms with Crippen LogP contribution in [0.1, 0.15) is 79.6 Å². The van der Waals surface area contributed by atoms with Gasteiger partial charge in [0.2, 0.25) is 0 Å². The molecule has 1 saturated heterocycles. The van der Waals surface area contributed by atoms with Crippen molar-refractivity contribution in [1.29, 1.82) is 0 Å². The van der Waals surface area contributed by atoms with Gasteiger partial charge in [0, 0.05) is 0 Å². The van der Waals surface area contributed by atoms with Gasteiger partial charge in [-0.15, -0.1) is 0 Å². The summed E-state index contributed by atoms with van der Waals surface area (Å²) in [5.41, 5.74) is 1.34. The highest BCUT2D eigenvalue weighted by molar-refractivity contribution is 4.91. The van der Waals surface area contributed by atoms with Crippen LogP contribution in [0.3, 0.4) is 0 Å². The summed E-state index contributed by atoms with van der Waals surface area (Å²) >= 11 is 0. The van der Waals surface area contributed by atoms with E-state index in [1.807, 2.05) is 13.8 Å². The van der Waals surface area contributed by atoms with Crippen molar-refractivity contribution in [3.8, 4) is 0 Å². The zero-order valence-corrected chi connectivity index (χ0v) is 13.4. The molecule has 1 heterocycles. The lowest BCUT2D eigenvalue weighted by atomic mass is 9.70. The molecule has 0 aromatic carbocycles. The van der Waals surface area contributed by atoms with Crippen molar-refractivity contribution >= 4 is 0 Å². The minimum absolute atomic E-state index is 0.619. The van der Waals surface area contributed by atoms with E-state index in [1.54, 1.807) is 0 Å². The molecule has 0 radical (unpaired) electrons. The van der Waals surface area contributed by atoms with Crippen molar-refractivity contribution in [2.75, 3.05) is 13.1 Å². The third-order valence-corrected chi connectivity index (χ3v) is 5.74. The van der Waals surface area contributed by atoms with Crippen molar-refractivity contribution < 1.29 is 0 Å². The average molecular weight is 253 g/mol. The van der Waals surface area contributed by atoms with E-state index >= 15 is 0 Å². The van der Waals surface area contributed by atoms with Gasteiger partial charge in [0.1, 0.15) is 0 Å². The quantitative estimate of drug-likeness (QED) is 0.693. The Labute approximate surface area is 115 Å².